The highest BCUT2D eigenvalue weighted by atomic mass is 16.2. The van der Waals surface area contributed by atoms with Crippen LogP contribution in [0.3, 0.4) is 0 Å². The quantitative estimate of drug-likeness (QED) is 0.877. The number of amides is 2. The second-order valence-electron chi connectivity index (χ2n) is 6.45. The van der Waals surface area contributed by atoms with Crippen molar-refractivity contribution in [3.63, 3.8) is 0 Å². The Kier molecular flexibility index (Phi) is 6.56. The van der Waals surface area contributed by atoms with Crippen LogP contribution in [0.4, 0.5) is 0 Å². The van der Waals surface area contributed by atoms with Crippen molar-refractivity contribution >= 4 is 11.8 Å². The van der Waals surface area contributed by atoms with Crippen LogP contribution in [0.1, 0.15) is 57.1 Å². The zero-order valence-electron chi connectivity index (χ0n) is 14.1. The Hall–Kier alpha value is -1.91. The van der Waals surface area contributed by atoms with E-state index in [1.807, 2.05) is 19.1 Å². The maximum absolute atomic E-state index is 12.3. The third-order valence-corrected chi connectivity index (χ3v) is 4.80. The monoisotopic (exact) mass is 317 g/mol. The molecule has 0 aromatic carbocycles. The third kappa shape index (κ3) is 5.34. The van der Waals surface area contributed by atoms with E-state index in [9.17, 15) is 9.59 Å². The number of hydrogen-bond donors (Lipinski definition) is 1. The lowest BCUT2D eigenvalue weighted by atomic mass is 9.87. The Balaban J connectivity index is 1.76. The molecule has 2 rings (SSSR count). The lowest BCUT2D eigenvalue weighted by molar-refractivity contribution is -0.133. The minimum atomic E-state index is -0.0775. The average Bonchev–Trinajstić information content (AvgIpc) is 2.60. The van der Waals surface area contributed by atoms with Crippen LogP contribution < -0.4 is 5.32 Å². The van der Waals surface area contributed by atoms with Crippen molar-refractivity contribution in [1.29, 1.82) is 0 Å². The normalized spacial score (nSPS) is 16.6. The van der Waals surface area contributed by atoms with Gasteiger partial charge in [0.15, 0.2) is 0 Å². The van der Waals surface area contributed by atoms with Gasteiger partial charge in [-0.2, -0.15) is 0 Å². The Morgan fingerprint density at radius 2 is 1.91 bits per heavy atom. The second kappa shape index (κ2) is 8.65. The summed E-state index contributed by atoms with van der Waals surface area (Å²) in [5.41, 5.74) is 1.03. The zero-order chi connectivity index (χ0) is 16.7. The molecule has 126 valence electrons. The van der Waals surface area contributed by atoms with Gasteiger partial charge in [-0.05, 0) is 43.4 Å². The van der Waals surface area contributed by atoms with E-state index in [1.54, 1.807) is 24.3 Å². The summed E-state index contributed by atoms with van der Waals surface area (Å²) in [5.74, 6) is 0.411. The summed E-state index contributed by atoms with van der Waals surface area (Å²) in [7, 11) is 1.76. The van der Waals surface area contributed by atoms with Gasteiger partial charge in [0.1, 0.15) is 0 Å². The summed E-state index contributed by atoms with van der Waals surface area (Å²) < 4.78 is 0. The molecule has 0 radical (unpaired) electrons. The first-order valence-corrected chi connectivity index (χ1v) is 8.50. The molecule has 0 saturated heterocycles. The summed E-state index contributed by atoms with van der Waals surface area (Å²) in [6, 6.07) is 3.76. The first-order chi connectivity index (χ1) is 11.1. The molecule has 1 saturated carbocycles. The maximum atomic E-state index is 12.3. The lowest BCUT2D eigenvalue weighted by Gasteiger charge is -2.26. The largest absolute Gasteiger partial charge is 0.347 e. The van der Waals surface area contributed by atoms with Crippen LogP contribution >= 0.6 is 0 Å². The number of aromatic nitrogens is 1. The van der Waals surface area contributed by atoms with Crippen LogP contribution in [0.15, 0.2) is 24.5 Å². The minimum Gasteiger partial charge on any atom is -0.347 e. The molecule has 0 aliphatic heterocycles. The van der Waals surface area contributed by atoms with Gasteiger partial charge in [-0.1, -0.05) is 19.3 Å². The summed E-state index contributed by atoms with van der Waals surface area (Å²) in [6.45, 7) is 2.04. The molecule has 1 atom stereocenters. The molecular formula is C18H27N3O2. The molecule has 1 unspecified atom stereocenters. The lowest BCUT2D eigenvalue weighted by Crippen LogP contribution is -2.39. The number of nitrogens with one attached hydrogen (secondary N) is 1. The third-order valence-electron chi connectivity index (χ3n) is 4.80. The molecule has 1 N–H and O–H groups in total. The summed E-state index contributed by atoms with van der Waals surface area (Å²) in [6.07, 6.45) is 10.0. The van der Waals surface area contributed by atoms with Crippen molar-refractivity contribution < 1.29 is 9.59 Å². The molecule has 1 fully saturated rings. The molecular weight excluding hydrogens is 290 g/mol. The van der Waals surface area contributed by atoms with Crippen LogP contribution in [0.2, 0.25) is 0 Å². The molecule has 23 heavy (non-hydrogen) atoms. The second-order valence-corrected chi connectivity index (χ2v) is 6.45. The average molecular weight is 317 g/mol. The number of carbonyl (C=O) groups is 2. The van der Waals surface area contributed by atoms with Gasteiger partial charge in [0.25, 0.3) is 0 Å². The highest BCUT2D eigenvalue weighted by Gasteiger charge is 2.20. The Labute approximate surface area is 138 Å². The maximum Gasteiger partial charge on any atom is 0.242 e. The van der Waals surface area contributed by atoms with E-state index >= 15 is 0 Å². The van der Waals surface area contributed by atoms with Crippen LogP contribution in [-0.2, 0) is 9.59 Å². The highest BCUT2D eigenvalue weighted by molar-refractivity contribution is 5.84. The Morgan fingerprint density at radius 3 is 2.57 bits per heavy atom. The van der Waals surface area contributed by atoms with Crippen molar-refractivity contribution in [2.75, 3.05) is 13.6 Å². The van der Waals surface area contributed by atoms with Crippen LogP contribution in [0, 0.1) is 5.92 Å². The van der Waals surface area contributed by atoms with Gasteiger partial charge in [-0.25, -0.2) is 0 Å². The predicted octanol–water partition coefficient (Wildman–Crippen LogP) is 2.69. The van der Waals surface area contributed by atoms with E-state index in [0.29, 0.717) is 12.3 Å². The molecule has 5 heteroatoms. The molecule has 0 spiro atoms. The van der Waals surface area contributed by atoms with Gasteiger partial charge in [0.05, 0.1) is 12.6 Å². The fourth-order valence-corrected chi connectivity index (χ4v) is 3.11. The van der Waals surface area contributed by atoms with Crippen LogP contribution in [0.5, 0.6) is 0 Å². The standard InChI is InChI=1S/C18H27N3O2/c1-14(16-8-10-19-11-9-16)21(2)18(23)13-20-17(22)12-15-6-4-3-5-7-15/h8-11,14-15H,3-7,12-13H2,1-2H3,(H,20,22). The fourth-order valence-electron chi connectivity index (χ4n) is 3.11. The number of rotatable bonds is 6. The van der Waals surface area contributed by atoms with Gasteiger partial charge >= 0.3 is 0 Å². The van der Waals surface area contributed by atoms with Crippen molar-refractivity contribution in [1.82, 2.24) is 15.2 Å². The molecule has 0 bridgehead atoms. The number of nitrogens with zero attached hydrogens (tertiary/aromatic N) is 2. The van der Waals surface area contributed by atoms with Crippen molar-refractivity contribution in [2.45, 2.75) is 51.5 Å². The fraction of sp³-hybridized carbons (Fsp3) is 0.611. The molecule has 1 aliphatic carbocycles. The Bertz CT molecular complexity index is 512. The molecule has 2 amide bonds. The zero-order valence-corrected chi connectivity index (χ0v) is 14.1. The van der Waals surface area contributed by atoms with Gasteiger partial charge in [0, 0.05) is 25.9 Å². The van der Waals surface area contributed by atoms with E-state index in [-0.39, 0.29) is 24.4 Å². The van der Waals surface area contributed by atoms with E-state index in [0.717, 1.165) is 18.4 Å². The minimum absolute atomic E-state index is 0.00443. The predicted molar refractivity (Wildman–Crippen MR) is 89.6 cm³/mol. The van der Waals surface area contributed by atoms with Crippen LogP contribution in [0.25, 0.3) is 0 Å². The van der Waals surface area contributed by atoms with E-state index in [2.05, 4.69) is 10.3 Å². The number of hydrogen-bond acceptors (Lipinski definition) is 3. The number of carbonyl (C=O) groups excluding carboxylic acids is 2. The molecule has 1 aromatic heterocycles. The van der Waals surface area contributed by atoms with Gasteiger partial charge < -0.3 is 10.2 Å². The first-order valence-electron chi connectivity index (χ1n) is 8.50. The van der Waals surface area contributed by atoms with Crippen molar-refractivity contribution in [3.8, 4) is 0 Å². The van der Waals surface area contributed by atoms with Gasteiger partial charge in [-0.3, -0.25) is 14.6 Å². The smallest absolute Gasteiger partial charge is 0.242 e. The number of pyridine rings is 1. The topological polar surface area (TPSA) is 62.3 Å². The summed E-state index contributed by atoms with van der Waals surface area (Å²) >= 11 is 0. The van der Waals surface area contributed by atoms with Crippen molar-refractivity contribution in [2.24, 2.45) is 5.92 Å². The highest BCUT2D eigenvalue weighted by Crippen LogP contribution is 2.26. The van der Waals surface area contributed by atoms with E-state index < -0.39 is 0 Å². The Morgan fingerprint density at radius 1 is 1.26 bits per heavy atom. The van der Waals surface area contributed by atoms with Crippen LogP contribution in [-0.4, -0.2) is 35.3 Å². The van der Waals surface area contributed by atoms with E-state index in [4.69, 9.17) is 0 Å². The molecule has 1 aliphatic rings. The SMILES string of the molecule is CC(c1ccncc1)N(C)C(=O)CNC(=O)CC1CCCCC1. The van der Waals surface area contributed by atoms with E-state index in [1.165, 1.54) is 19.3 Å². The molecule has 1 aromatic rings. The van der Waals surface area contributed by atoms with Gasteiger partial charge in [-0.15, -0.1) is 0 Å². The summed E-state index contributed by atoms with van der Waals surface area (Å²) in [4.78, 5) is 29.9. The molecule has 1 heterocycles. The molecule has 5 nitrogen and oxygen atoms in total. The first kappa shape index (κ1) is 17.4. The van der Waals surface area contributed by atoms with Gasteiger partial charge in [0.2, 0.25) is 11.8 Å². The van der Waals surface area contributed by atoms with Crippen molar-refractivity contribution in [3.05, 3.63) is 30.1 Å². The summed E-state index contributed by atoms with van der Waals surface area (Å²) in [5, 5.41) is 2.77. The number of likely N-dealkylation sites (N-methyl/N-ethyl adjacent to an activating group) is 1.